The van der Waals surface area contributed by atoms with Gasteiger partial charge in [0.2, 0.25) is 5.91 Å². The van der Waals surface area contributed by atoms with E-state index in [9.17, 15) is 19.2 Å². The minimum atomic E-state index is -1.33. The van der Waals surface area contributed by atoms with Crippen molar-refractivity contribution in [2.45, 2.75) is 39.3 Å². The number of nitrogens with one attached hydrogen (secondary N) is 2. The van der Waals surface area contributed by atoms with Gasteiger partial charge in [-0.3, -0.25) is 9.59 Å². The largest absolute Gasteiger partial charge is 0.480 e. The van der Waals surface area contributed by atoms with Gasteiger partial charge < -0.3 is 20.5 Å². The van der Waals surface area contributed by atoms with E-state index >= 15 is 0 Å². The van der Waals surface area contributed by atoms with Gasteiger partial charge in [-0.1, -0.05) is 0 Å². The van der Waals surface area contributed by atoms with Gasteiger partial charge in [0.25, 0.3) is 0 Å². The predicted molar refractivity (Wildman–Crippen MR) is 73.6 cm³/mol. The second kappa shape index (κ2) is 8.03. The van der Waals surface area contributed by atoms with Gasteiger partial charge >= 0.3 is 12.1 Å². The molecule has 0 spiro atoms. The molecule has 0 aromatic rings. The standard InChI is InChI=1S/C13H20N2O6/c1-8(16)5-6-10(17)15-9(11(18)19)7-14-12(20)21-13(2,3)4/h5-6,9H,7H2,1-4H3,(H,14,20)(H,15,17)(H,18,19)/b6-5-/t9-/m0/s1. The molecule has 0 bridgehead atoms. The Bertz CT molecular complexity index is 450. The molecule has 0 saturated carbocycles. The number of allylic oxidation sites excluding steroid dienone is 1. The number of carboxylic acid groups (broad SMARTS) is 1. The normalized spacial score (nSPS) is 12.6. The maximum absolute atomic E-state index is 11.4. The van der Waals surface area contributed by atoms with Crippen LogP contribution < -0.4 is 10.6 Å². The Morgan fingerprint density at radius 3 is 2.19 bits per heavy atom. The lowest BCUT2D eigenvalue weighted by molar-refractivity contribution is -0.141. The molecule has 0 aromatic carbocycles. The van der Waals surface area contributed by atoms with Crippen LogP contribution in [0.5, 0.6) is 0 Å². The monoisotopic (exact) mass is 300 g/mol. The van der Waals surface area contributed by atoms with Crippen molar-refractivity contribution in [3.8, 4) is 0 Å². The molecule has 2 amide bonds. The van der Waals surface area contributed by atoms with Crippen molar-refractivity contribution in [2.24, 2.45) is 0 Å². The van der Waals surface area contributed by atoms with Gasteiger partial charge in [-0.25, -0.2) is 9.59 Å². The third-order valence-corrected chi connectivity index (χ3v) is 1.93. The van der Waals surface area contributed by atoms with Crippen molar-refractivity contribution >= 4 is 23.8 Å². The minimum absolute atomic E-state index is 0.343. The molecular weight excluding hydrogens is 280 g/mol. The second-order valence-corrected chi connectivity index (χ2v) is 5.23. The van der Waals surface area contributed by atoms with Crippen LogP contribution in [0.1, 0.15) is 27.7 Å². The zero-order chi connectivity index (χ0) is 16.6. The molecule has 0 saturated heterocycles. The topological polar surface area (TPSA) is 122 Å². The van der Waals surface area contributed by atoms with Crippen LogP contribution in [0.4, 0.5) is 4.79 Å². The van der Waals surface area contributed by atoms with Crippen LogP contribution in [-0.4, -0.2) is 47.0 Å². The highest BCUT2D eigenvalue weighted by Gasteiger charge is 2.22. The molecule has 0 aliphatic carbocycles. The molecule has 3 N–H and O–H groups in total. The molecule has 0 heterocycles. The van der Waals surface area contributed by atoms with Gasteiger partial charge in [-0.2, -0.15) is 0 Å². The Labute approximate surface area is 122 Å². The molecule has 21 heavy (non-hydrogen) atoms. The lowest BCUT2D eigenvalue weighted by Crippen LogP contribution is -2.48. The van der Waals surface area contributed by atoms with Crippen LogP contribution in [0.25, 0.3) is 0 Å². The van der Waals surface area contributed by atoms with Gasteiger partial charge in [0.15, 0.2) is 5.78 Å². The van der Waals surface area contributed by atoms with Crippen molar-refractivity contribution in [1.82, 2.24) is 10.6 Å². The summed E-state index contributed by atoms with van der Waals surface area (Å²) in [6, 6.07) is -1.33. The number of carboxylic acids is 1. The molecule has 118 valence electrons. The quantitative estimate of drug-likeness (QED) is 0.603. The highest BCUT2D eigenvalue weighted by atomic mass is 16.6. The number of carbonyl (C=O) groups excluding carboxylic acids is 3. The van der Waals surface area contributed by atoms with Crippen LogP contribution in [0, 0.1) is 0 Å². The third-order valence-electron chi connectivity index (χ3n) is 1.93. The summed E-state index contributed by atoms with van der Waals surface area (Å²) >= 11 is 0. The zero-order valence-electron chi connectivity index (χ0n) is 12.4. The number of carbonyl (C=O) groups is 4. The second-order valence-electron chi connectivity index (χ2n) is 5.23. The maximum Gasteiger partial charge on any atom is 0.407 e. The number of ether oxygens (including phenoxy) is 1. The molecule has 1 atom stereocenters. The van der Waals surface area contributed by atoms with Crippen molar-refractivity contribution in [3.63, 3.8) is 0 Å². The minimum Gasteiger partial charge on any atom is -0.480 e. The first-order chi connectivity index (χ1) is 9.51. The predicted octanol–water partition coefficient (Wildman–Crippen LogP) is 0.226. The van der Waals surface area contributed by atoms with Gasteiger partial charge in [-0.15, -0.1) is 0 Å². The van der Waals surface area contributed by atoms with Gasteiger partial charge in [0.1, 0.15) is 11.6 Å². The Balaban J connectivity index is 4.45. The molecular formula is C13H20N2O6. The van der Waals surface area contributed by atoms with Crippen LogP contribution in [0.2, 0.25) is 0 Å². The van der Waals surface area contributed by atoms with E-state index in [1.807, 2.05) is 0 Å². The third kappa shape index (κ3) is 10.1. The Morgan fingerprint density at radius 2 is 1.76 bits per heavy atom. The fourth-order valence-electron chi connectivity index (χ4n) is 1.11. The number of alkyl carbamates (subject to hydrolysis) is 1. The molecule has 8 heteroatoms. The van der Waals surface area contributed by atoms with Crippen LogP contribution in [0.3, 0.4) is 0 Å². The highest BCUT2D eigenvalue weighted by Crippen LogP contribution is 2.06. The number of hydrogen-bond acceptors (Lipinski definition) is 5. The van der Waals surface area contributed by atoms with E-state index in [2.05, 4.69) is 10.6 Å². The first-order valence-electron chi connectivity index (χ1n) is 6.20. The van der Waals surface area contributed by atoms with E-state index in [1.54, 1.807) is 20.8 Å². The summed E-state index contributed by atoms with van der Waals surface area (Å²) in [7, 11) is 0. The SMILES string of the molecule is CC(=O)/C=C\C(=O)N[C@@H](CNC(=O)OC(C)(C)C)C(=O)O. The summed E-state index contributed by atoms with van der Waals surface area (Å²) < 4.78 is 4.94. The fourth-order valence-corrected chi connectivity index (χ4v) is 1.11. The van der Waals surface area contributed by atoms with Crippen LogP contribution in [0.15, 0.2) is 12.2 Å². The van der Waals surface area contributed by atoms with E-state index in [1.165, 1.54) is 6.92 Å². The molecule has 0 aliphatic rings. The molecule has 0 radical (unpaired) electrons. The molecule has 0 rings (SSSR count). The number of hydrogen-bond donors (Lipinski definition) is 3. The first kappa shape index (κ1) is 18.6. The molecule has 8 nitrogen and oxygen atoms in total. The Kier molecular flexibility index (Phi) is 7.12. The number of ketones is 1. The summed E-state index contributed by atoms with van der Waals surface area (Å²) in [5.74, 6) is -2.41. The summed E-state index contributed by atoms with van der Waals surface area (Å²) in [5, 5.41) is 13.3. The average molecular weight is 300 g/mol. The molecule has 0 fully saturated rings. The lowest BCUT2D eigenvalue weighted by atomic mass is 10.2. The average Bonchev–Trinajstić information content (AvgIpc) is 2.29. The molecule has 0 unspecified atom stereocenters. The van der Waals surface area contributed by atoms with E-state index in [0.29, 0.717) is 0 Å². The maximum atomic E-state index is 11.4. The van der Waals surface area contributed by atoms with Crippen molar-refractivity contribution < 1.29 is 29.0 Å². The summed E-state index contributed by atoms with van der Waals surface area (Å²) in [5.41, 5.74) is -0.712. The Hall–Kier alpha value is -2.38. The molecule has 0 aromatic heterocycles. The molecule has 0 aliphatic heterocycles. The van der Waals surface area contributed by atoms with Crippen molar-refractivity contribution in [1.29, 1.82) is 0 Å². The lowest BCUT2D eigenvalue weighted by Gasteiger charge is -2.21. The van der Waals surface area contributed by atoms with Crippen LogP contribution >= 0.6 is 0 Å². The smallest absolute Gasteiger partial charge is 0.407 e. The van der Waals surface area contributed by atoms with E-state index in [-0.39, 0.29) is 12.3 Å². The fraction of sp³-hybridized carbons (Fsp3) is 0.538. The van der Waals surface area contributed by atoms with Crippen molar-refractivity contribution in [3.05, 3.63) is 12.2 Å². The van der Waals surface area contributed by atoms with Gasteiger partial charge in [0.05, 0.1) is 6.54 Å². The zero-order valence-corrected chi connectivity index (χ0v) is 12.4. The van der Waals surface area contributed by atoms with Crippen LogP contribution in [-0.2, 0) is 19.1 Å². The first-order valence-corrected chi connectivity index (χ1v) is 6.20. The highest BCUT2D eigenvalue weighted by molar-refractivity contribution is 5.97. The van der Waals surface area contributed by atoms with E-state index in [0.717, 1.165) is 12.2 Å². The van der Waals surface area contributed by atoms with Crippen molar-refractivity contribution in [2.75, 3.05) is 6.54 Å². The van der Waals surface area contributed by atoms with E-state index < -0.39 is 29.6 Å². The van der Waals surface area contributed by atoms with Gasteiger partial charge in [-0.05, 0) is 33.8 Å². The number of aliphatic carboxylic acids is 1. The van der Waals surface area contributed by atoms with Gasteiger partial charge in [0, 0.05) is 6.08 Å². The summed E-state index contributed by atoms with van der Waals surface area (Å²) in [6.45, 7) is 5.90. The number of rotatable bonds is 6. The summed E-state index contributed by atoms with van der Waals surface area (Å²) in [4.78, 5) is 44.4. The Morgan fingerprint density at radius 1 is 1.19 bits per heavy atom. The van der Waals surface area contributed by atoms with E-state index in [4.69, 9.17) is 9.84 Å². The summed E-state index contributed by atoms with van der Waals surface area (Å²) in [6.07, 6.45) is 1.14. The number of amides is 2.